The molecular weight excluding hydrogens is 282 g/mol. The molecule has 0 aromatic carbocycles. The Bertz CT molecular complexity index is 352. The van der Waals surface area contributed by atoms with E-state index in [1.165, 1.54) is 77.5 Å². The van der Waals surface area contributed by atoms with Crippen molar-refractivity contribution in [2.75, 3.05) is 26.2 Å². The molecule has 23 heavy (non-hydrogen) atoms. The number of nitrogens with zero attached hydrogens (tertiary/aromatic N) is 2. The van der Waals surface area contributed by atoms with E-state index < -0.39 is 0 Å². The van der Waals surface area contributed by atoms with Crippen LogP contribution in [0.15, 0.2) is 0 Å². The summed E-state index contributed by atoms with van der Waals surface area (Å²) in [5.41, 5.74) is 6.56. The van der Waals surface area contributed by atoms with Crippen LogP contribution < -0.4 is 5.73 Å². The quantitative estimate of drug-likeness (QED) is 0.845. The summed E-state index contributed by atoms with van der Waals surface area (Å²) in [6.45, 7) is 12.6. The Morgan fingerprint density at radius 1 is 0.652 bits per heavy atom. The van der Waals surface area contributed by atoms with Gasteiger partial charge in [-0.1, -0.05) is 20.8 Å². The first-order valence-electron chi connectivity index (χ1n) is 10.2. The highest BCUT2D eigenvalue weighted by Gasteiger charge is 2.34. The zero-order valence-corrected chi connectivity index (χ0v) is 15.8. The van der Waals surface area contributed by atoms with E-state index in [1.54, 1.807) is 0 Å². The van der Waals surface area contributed by atoms with E-state index in [0.29, 0.717) is 11.5 Å². The van der Waals surface area contributed by atoms with Crippen LogP contribution in [0.3, 0.4) is 0 Å². The van der Waals surface area contributed by atoms with Crippen molar-refractivity contribution < 1.29 is 0 Å². The highest BCUT2D eigenvalue weighted by atomic mass is 15.2. The minimum Gasteiger partial charge on any atom is -0.328 e. The zero-order valence-electron chi connectivity index (χ0n) is 15.8. The first-order valence-corrected chi connectivity index (χ1v) is 10.2. The van der Waals surface area contributed by atoms with Crippen LogP contribution in [0.25, 0.3) is 0 Å². The predicted molar refractivity (Wildman–Crippen MR) is 98.6 cm³/mol. The van der Waals surface area contributed by atoms with Gasteiger partial charge in [-0.15, -0.1) is 0 Å². The molecule has 1 aliphatic carbocycles. The molecule has 0 aromatic heterocycles. The van der Waals surface area contributed by atoms with Gasteiger partial charge in [0.1, 0.15) is 0 Å². The molecule has 2 saturated heterocycles. The first kappa shape index (κ1) is 17.7. The minimum atomic E-state index is 0.480. The van der Waals surface area contributed by atoms with Crippen molar-refractivity contribution in [1.29, 1.82) is 0 Å². The lowest BCUT2D eigenvalue weighted by Gasteiger charge is -2.46. The van der Waals surface area contributed by atoms with Crippen LogP contribution in [-0.4, -0.2) is 54.1 Å². The zero-order chi connectivity index (χ0) is 16.4. The molecule has 3 heteroatoms. The number of piperidine rings is 2. The molecule has 2 N–H and O–H groups in total. The Morgan fingerprint density at radius 3 is 1.57 bits per heavy atom. The van der Waals surface area contributed by atoms with Gasteiger partial charge in [-0.25, -0.2) is 0 Å². The van der Waals surface area contributed by atoms with Crippen LogP contribution in [-0.2, 0) is 0 Å². The summed E-state index contributed by atoms with van der Waals surface area (Å²) in [6, 6.07) is 2.17. The molecule has 134 valence electrons. The number of rotatable bonds is 2. The average Bonchev–Trinajstić information content (AvgIpc) is 2.55. The van der Waals surface area contributed by atoms with E-state index in [0.717, 1.165) is 18.0 Å². The molecule has 1 saturated carbocycles. The molecule has 0 aromatic rings. The summed E-state index contributed by atoms with van der Waals surface area (Å²) in [4.78, 5) is 5.60. The minimum absolute atomic E-state index is 0.480. The lowest BCUT2D eigenvalue weighted by molar-refractivity contribution is 0.0358. The van der Waals surface area contributed by atoms with Crippen LogP contribution in [0.5, 0.6) is 0 Å². The predicted octanol–water partition coefficient (Wildman–Crippen LogP) is 3.48. The van der Waals surface area contributed by atoms with Gasteiger partial charge in [0.15, 0.2) is 0 Å². The molecule has 0 atom stereocenters. The van der Waals surface area contributed by atoms with E-state index in [2.05, 4.69) is 30.6 Å². The molecule has 0 radical (unpaired) electrons. The molecule has 3 aliphatic rings. The van der Waals surface area contributed by atoms with Crippen molar-refractivity contribution in [3.63, 3.8) is 0 Å². The first-order chi connectivity index (χ1) is 10.9. The van der Waals surface area contributed by atoms with Crippen molar-refractivity contribution in [1.82, 2.24) is 9.80 Å². The molecule has 3 nitrogen and oxygen atoms in total. The second-order valence-corrected chi connectivity index (χ2v) is 9.51. The third-order valence-corrected chi connectivity index (χ3v) is 7.03. The highest BCUT2D eigenvalue weighted by Crippen LogP contribution is 2.36. The van der Waals surface area contributed by atoms with Crippen molar-refractivity contribution >= 4 is 0 Å². The van der Waals surface area contributed by atoms with E-state index in [-0.39, 0.29) is 0 Å². The Hall–Kier alpha value is -0.120. The molecule has 3 rings (SSSR count). The number of hydrogen-bond acceptors (Lipinski definition) is 3. The fourth-order valence-electron chi connectivity index (χ4n) is 5.21. The SMILES string of the molecule is CC(C)(C)C1CCN(C2CCN(C3CCC(N)CC3)CC2)CC1. The van der Waals surface area contributed by atoms with Gasteiger partial charge in [0.05, 0.1) is 0 Å². The van der Waals surface area contributed by atoms with Gasteiger partial charge in [0, 0.05) is 18.1 Å². The molecule has 2 aliphatic heterocycles. The topological polar surface area (TPSA) is 32.5 Å². The maximum Gasteiger partial charge on any atom is 0.0120 e. The summed E-state index contributed by atoms with van der Waals surface area (Å²) in [6.07, 6.45) is 10.8. The number of hydrogen-bond donors (Lipinski definition) is 1. The van der Waals surface area contributed by atoms with E-state index in [9.17, 15) is 0 Å². The molecule has 3 fully saturated rings. The van der Waals surface area contributed by atoms with Gasteiger partial charge in [-0.2, -0.15) is 0 Å². The fourth-order valence-corrected chi connectivity index (χ4v) is 5.21. The molecule has 0 bridgehead atoms. The molecule has 0 amide bonds. The summed E-state index contributed by atoms with van der Waals surface area (Å²) in [5, 5.41) is 0. The smallest absolute Gasteiger partial charge is 0.0120 e. The van der Waals surface area contributed by atoms with Crippen LogP contribution >= 0.6 is 0 Å². The lowest BCUT2D eigenvalue weighted by atomic mass is 9.75. The Labute approximate surface area is 144 Å². The average molecular weight is 322 g/mol. The second kappa shape index (κ2) is 7.41. The molecule has 2 heterocycles. The van der Waals surface area contributed by atoms with E-state index in [4.69, 9.17) is 5.73 Å². The molecule has 0 unspecified atom stereocenters. The van der Waals surface area contributed by atoms with E-state index >= 15 is 0 Å². The molecular formula is C20H39N3. The normalized spacial score (nSPS) is 33.9. The van der Waals surface area contributed by atoms with Gasteiger partial charge in [-0.05, 0) is 88.9 Å². The van der Waals surface area contributed by atoms with Crippen molar-refractivity contribution in [2.24, 2.45) is 17.1 Å². The maximum atomic E-state index is 6.06. The number of likely N-dealkylation sites (tertiary alicyclic amines) is 2. The van der Waals surface area contributed by atoms with Crippen LogP contribution in [0, 0.1) is 11.3 Å². The summed E-state index contributed by atoms with van der Waals surface area (Å²) >= 11 is 0. The van der Waals surface area contributed by atoms with Crippen LogP contribution in [0.1, 0.15) is 72.1 Å². The van der Waals surface area contributed by atoms with Gasteiger partial charge in [0.25, 0.3) is 0 Å². The standard InChI is InChI=1S/C20H39N3/c1-20(2,3)16-8-12-22(13-9-16)19-10-14-23(15-11-19)18-6-4-17(21)5-7-18/h16-19H,4-15,21H2,1-3H3. The lowest BCUT2D eigenvalue weighted by Crippen LogP contribution is -2.51. The van der Waals surface area contributed by atoms with Crippen molar-refractivity contribution in [3.8, 4) is 0 Å². The summed E-state index contributed by atoms with van der Waals surface area (Å²) in [7, 11) is 0. The van der Waals surface area contributed by atoms with Gasteiger partial charge in [-0.3, -0.25) is 0 Å². The Balaban J connectivity index is 1.41. The third kappa shape index (κ3) is 4.49. The van der Waals surface area contributed by atoms with Gasteiger partial charge >= 0.3 is 0 Å². The van der Waals surface area contributed by atoms with Gasteiger partial charge in [0.2, 0.25) is 0 Å². The number of nitrogens with two attached hydrogens (primary N) is 1. The highest BCUT2D eigenvalue weighted by molar-refractivity contribution is 4.89. The van der Waals surface area contributed by atoms with Gasteiger partial charge < -0.3 is 15.5 Å². The largest absolute Gasteiger partial charge is 0.328 e. The fraction of sp³-hybridized carbons (Fsp3) is 1.00. The van der Waals surface area contributed by atoms with Crippen molar-refractivity contribution in [2.45, 2.75) is 90.3 Å². The maximum absolute atomic E-state index is 6.06. The summed E-state index contributed by atoms with van der Waals surface area (Å²) in [5.74, 6) is 0.922. The Morgan fingerprint density at radius 2 is 1.09 bits per heavy atom. The monoisotopic (exact) mass is 321 g/mol. The van der Waals surface area contributed by atoms with Crippen LogP contribution in [0.4, 0.5) is 0 Å². The van der Waals surface area contributed by atoms with Crippen LogP contribution in [0.2, 0.25) is 0 Å². The third-order valence-electron chi connectivity index (χ3n) is 7.03. The van der Waals surface area contributed by atoms with E-state index in [1.807, 2.05) is 0 Å². The molecule has 0 spiro atoms. The Kier molecular flexibility index (Phi) is 5.70. The van der Waals surface area contributed by atoms with Crippen molar-refractivity contribution in [3.05, 3.63) is 0 Å². The second-order valence-electron chi connectivity index (χ2n) is 9.51. The summed E-state index contributed by atoms with van der Waals surface area (Å²) < 4.78 is 0.